The summed E-state index contributed by atoms with van der Waals surface area (Å²) in [6.45, 7) is 5.44. The van der Waals surface area contributed by atoms with E-state index >= 15 is 0 Å². The molecule has 2 aromatic rings. The molecule has 0 radical (unpaired) electrons. The van der Waals surface area contributed by atoms with Gasteiger partial charge >= 0.3 is 0 Å². The molecule has 0 heterocycles. The van der Waals surface area contributed by atoms with Gasteiger partial charge in [0.05, 0.1) is 6.54 Å². The third-order valence-electron chi connectivity index (χ3n) is 3.88. The lowest BCUT2D eigenvalue weighted by molar-refractivity contribution is -0.139. The second-order valence-corrected chi connectivity index (χ2v) is 6.69. The van der Waals surface area contributed by atoms with Gasteiger partial charge < -0.3 is 15.0 Å². The molecule has 1 N–H and O–H groups in total. The van der Waals surface area contributed by atoms with Gasteiger partial charge in [0, 0.05) is 17.8 Å². The zero-order valence-corrected chi connectivity index (χ0v) is 16.1. The Balaban J connectivity index is 1.89. The van der Waals surface area contributed by atoms with Crippen molar-refractivity contribution in [3.05, 3.63) is 58.6 Å². The Morgan fingerprint density at radius 2 is 1.81 bits per heavy atom. The molecule has 2 amide bonds. The summed E-state index contributed by atoms with van der Waals surface area (Å²) in [5.41, 5.74) is 2.68. The third-order valence-corrected chi connectivity index (χ3v) is 4.31. The van der Waals surface area contributed by atoms with E-state index in [1.165, 1.54) is 4.90 Å². The zero-order chi connectivity index (χ0) is 19.3. The molecular weight excluding hydrogens is 352 g/mol. The Morgan fingerprint density at radius 1 is 1.15 bits per heavy atom. The van der Waals surface area contributed by atoms with E-state index in [1.807, 2.05) is 38.1 Å². The molecule has 1 atom stereocenters. The van der Waals surface area contributed by atoms with E-state index in [0.29, 0.717) is 16.5 Å². The highest BCUT2D eigenvalue weighted by molar-refractivity contribution is 6.31. The second-order valence-electron chi connectivity index (χ2n) is 6.28. The Morgan fingerprint density at radius 3 is 2.42 bits per heavy atom. The Kier molecular flexibility index (Phi) is 6.64. The van der Waals surface area contributed by atoms with Crippen LogP contribution in [0.4, 0.5) is 5.69 Å². The maximum Gasteiger partial charge on any atom is 0.263 e. The van der Waals surface area contributed by atoms with Crippen LogP contribution in [-0.2, 0) is 9.59 Å². The van der Waals surface area contributed by atoms with Crippen LogP contribution in [0.5, 0.6) is 5.75 Å². The Bertz CT molecular complexity index is 790. The fraction of sp³-hybridized carbons (Fsp3) is 0.300. The summed E-state index contributed by atoms with van der Waals surface area (Å²) >= 11 is 5.99. The van der Waals surface area contributed by atoms with Crippen LogP contribution in [-0.4, -0.2) is 36.4 Å². The van der Waals surface area contributed by atoms with E-state index < -0.39 is 6.10 Å². The summed E-state index contributed by atoms with van der Waals surface area (Å²) in [6, 6.07) is 12.7. The molecule has 0 aliphatic rings. The van der Waals surface area contributed by atoms with Crippen molar-refractivity contribution in [2.75, 3.05) is 18.9 Å². The van der Waals surface area contributed by atoms with Crippen LogP contribution in [0, 0.1) is 13.8 Å². The van der Waals surface area contributed by atoms with Gasteiger partial charge in [0.1, 0.15) is 5.75 Å². The predicted molar refractivity (Wildman–Crippen MR) is 104 cm³/mol. The molecule has 0 spiro atoms. The summed E-state index contributed by atoms with van der Waals surface area (Å²) in [6.07, 6.45) is -0.715. The number of carbonyl (C=O) groups is 2. The third kappa shape index (κ3) is 5.49. The highest BCUT2D eigenvalue weighted by Crippen LogP contribution is 2.22. The number of benzene rings is 2. The lowest BCUT2D eigenvalue weighted by Gasteiger charge is -2.22. The molecule has 2 aromatic carbocycles. The van der Waals surface area contributed by atoms with Gasteiger partial charge in [0.2, 0.25) is 5.91 Å². The van der Waals surface area contributed by atoms with Gasteiger partial charge in [0.25, 0.3) is 5.91 Å². The first kappa shape index (κ1) is 19.8. The van der Waals surface area contributed by atoms with E-state index in [4.69, 9.17) is 16.3 Å². The van der Waals surface area contributed by atoms with Crippen LogP contribution in [0.1, 0.15) is 18.1 Å². The SMILES string of the molecule is Cc1ccc(NC(=O)CN(C)C(=O)C(C)Oc2ccc(Cl)c(C)c2)cc1. The number of aryl methyl sites for hydroxylation is 2. The van der Waals surface area contributed by atoms with Gasteiger partial charge in [-0.05, 0) is 56.7 Å². The van der Waals surface area contributed by atoms with Crippen LogP contribution in [0.25, 0.3) is 0 Å². The monoisotopic (exact) mass is 374 g/mol. The van der Waals surface area contributed by atoms with Crippen molar-refractivity contribution in [2.45, 2.75) is 26.9 Å². The Labute approximate surface area is 158 Å². The van der Waals surface area contributed by atoms with E-state index in [9.17, 15) is 9.59 Å². The largest absolute Gasteiger partial charge is 0.481 e. The maximum absolute atomic E-state index is 12.4. The number of hydrogen-bond acceptors (Lipinski definition) is 3. The van der Waals surface area contributed by atoms with Crippen LogP contribution in [0.2, 0.25) is 5.02 Å². The molecule has 0 saturated carbocycles. The molecular formula is C20H23ClN2O3. The quantitative estimate of drug-likeness (QED) is 0.836. The van der Waals surface area contributed by atoms with Gasteiger partial charge in [-0.25, -0.2) is 0 Å². The highest BCUT2D eigenvalue weighted by Gasteiger charge is 2.21. The molecule has 0 aromatic heterocycles. The summed E-state index contributed by atoms with van der Waals surface area (Å²) in [4.78, 5) is 25.9. The van der Waals surface area contributed by atoms with Gasteiger partial charge in [0.15, 0.2) is 6.10 Å². The number of anilines is 1. The van der Waals surface area contributed by atoms with Crippen LogP contribution in [0.3, 0.4) is 0 Å². The molecule has 0 aliphatic heterocycles. The summed E-state index contributed by atoms with van der Waals surface area (Å²) in [7, 11) is 1.57. The fourth-order valence-electron chi connectivity index (χ4n) is 2.39. The summed E-state index contributed by atoms with van der Waals surface area (Å²) in [5.74, 6) is 0.0150. The molecule has 1 unspecified atom stereocenters. The number of ether oxygens (including phenoxy) is 1. The lowest BCUT2D eigenvalue weighted by atomic mass is 10.2. The minimum absolute atomic E-state index is 0.0555. The number of likely N-dealkylation sites (N-methyl/N-ethyl adjacent to an activating group) is 1. The van der Waals surface area contributed by atoms with E-state index in [2.05, 4.69) is 5.32 Å². The van der Waals surface area contributed by atoms with Gasteiger partial charge in [-0.2, -0.15) is 0 Å². The number of amides is 2. The van der Waals surface area contributed by atoms with Crippen LogP contribution >= 0.6 is 11.6 Å². The summed E-state index contributed by atoms with van der Waals surface area (Å²) in [5, 5.41) is 3.41. The van der Waals surface area contributed by atoms with Crippen LogP contribution in [0.15, 0.2) is 42.5 Å². The number of hydrogen-bond donors (Lipinski definition) is 1. The summed E-state index contributed by atoms with van der Waals surface area (Å²) < 4.78 is 5.66. The molecule has 6 heteroatoms. The van der Waals surface area contributed by atoms with Crippen molar-refractivity contribution in [3.8, 4) is 5.75 Å². The molecule has 0 fully saturated rings. The minimum Gasteiger partial charge on any atom is -0.481 e. The zero-order valence-electron chi connectivity index (χ0n) is 15.4. The van der Waals surface area contributed by atoms with E-state index in [-0.39, 0.29) is 18.4 Å². The first-order valence-electron chi connectivity index (χ1n) is 8.30. The van der Waals surface area contributed by atoms with Crippen molar-refractivity contribution >= 4 is 29.1 Å². The standard InChI is InChI=1S/C20H23ClN2O3/c1-13-5-7-16(8-6-13)22-19(24)12-23(4)20(25)15(3)26-17-9-10-18(21)14(2)11-17/h5-11,15H,12H2,1-4H3,(H,22,24). The second kappa shape index (κ2) is 8.72. The lowest BCUT2D eigenvalue weighted by Crippen LogP contribution is -2.42. The number of carbonyl (C=O) groups excluding carboxylic acids is 2. The van der Waals surface area contributed by atoms with Gasteiger partial charge in [-0.1, -0.05) is 29.3 Å². The molecule has 138 valence electrons. The molecule has 26 heavy (non-hydrogen) atoms. The highest BCUT2D eigenvalue weighted by atomic mass is 35.5. The van der Waals surface area contributed by atoms with Crippen molar-refractivity contribution < 1.29 is 14.3 Å². The average Bonchev–Trinajstić information content (AvgIpc) is 2.59. The van der Waals surface area contributed by atoms with Gasteiger partial charge in [-0.15, -0.1) is 0 Å². The predicted octanol–water partition coefficient (Wildman–Crippen LogP) is 3.82. The van der Waals surface area contributed by atoms with Crippen LogP contribution < -0.4 is 10.1 Å². The molecule has 0 aliphatic carbocycles. The number of nitrogens with zero attached hydrogens (tertiary/aromatic N) is 1. The van der Waals surface area contributed by atoms with Crippen molar-refractivity contribution in [3.63, 3.8) is 0 Å². The van der Waals surface area contributed by atoms with Crippen molar-refractivity contribution in [1.29, 1.82) is 0 Å². The normalized spacial score (nSPS) is 11.6. The molecule has 0 saturated heterocycles. The Hall–Kier alpha value is -2.53. The number of nitrogens with one attached hydrogen (secondary N) is 1. The number of rotatable bonds is 6. The van der Waals surface area contributed by atoms with Crippen molar-refractivity contribution in [2.24, 2.45) is 0 Å². The van der Waals surface area contributed by atoms with Crippen molar-refractivity contribution in [1.82, 2.24) is 4.90 Å². The molecule has 2 rings (SSSR count). The molecule has 0 bridgehead atoms. The first-order chi connectivity index (χ1) is 12.3. The smallest absolute Gasteiger partial charge is 0.263 e. The first-order valence-corrected chi connectivity index (χ1v) is 8.68. The van der Waals surface area contributed by atoms with E-state index in [0.717, 1.165) is 11.1 Å². The number of halogens is 1. The molecule has 5 nitrogen and oxygen atoms in total. The average molecular weight is 375 g/mol. The van der Waals surface area contributed by atoms with Gasteiger partial charge in [-0.3, -0.25) is 9.59 Å². The maximum atomic E-state index is 12.4. The topological polar surface area (TPSA) is 58.6 Å². The van der Waals surface area contributed by atoms with E-state index in [1.54, 1.807) is 32.2 Å². The minimum atomic E-state index is -0.715. The fourth-order valence-corrected chi connectivity index (χ4v) is 2.50.